The van der Waals surface area contributed by atoms with Crippen LogP contribution in [0.5, 0.6) is 0 Å². The number of hydrogen-bond acceptors (Lipinski definition) is 3. The summed E-state index contributed by atoms with van der Waals surface area (Å²) in [6.45, 7) is 0. The Morgan fingerprint density at radius 2 is 1.76 bits per heavy atom. The van der Waals surface area contributed by atoms with Gasteiger partial charge in [0.1, 0.15) is 5.92 Å². The van der Waals surface area contributed by atoms with Crippen molar-refractivity contribution in [1.82, 2.24) is 10.2 Å². The third kappa shape index (κ3) is 2.74. The summed E-state index contributed by atoms with van der Waals surface area (Å²) in [5.41, 5.74) is 1.49. The van der Waals surface area contributed by atoms with Gasteiger partial charge in [0.15, 0.2) is 0 Å². The van der Waals surface area contributed by atoms with E-state index in [2.05, 4.69) is 10.2 Å². The Labute approximate surface area is 122 Å². The van der Waals surface area contributed by atoms with E-state index in [4.69, 9.17) is 0 Å². The molecule has 0 fully saturated rings. The first kappa shape index (κ1) is 13.2. The second kappa shape index (κ2) is 5.71. The Bertz CT molecular complexity index is 767. The lowest BCUT2D eigenvalue weighted by Gasteiger charge is -2.13. The quantitative estimate of drug-likeness (QED) is 0.796. The second-order valence-corrected chi connectivity index (χ2v) is 4.90. The van der Waals surface area contributed by atoms with Gasteiger partial charge in [0, 0.05) is 10.8 Å². The number of carboxylic acids is 1. The molecule has 1 unspecified atom stereocenters. The average molecular weight is 278 g/mol. The fourth-order valence-corrected chi connectivity index (χ4v) is 2.46. The van der Waals surface area contributed by atoms with Gasteiger partial charge in [-0.15, -0.1) is 0 Å². The van der Waals surface area contributed by atoms with Gasteiger partial charge in [0.25, 0.3) is 0 Å². The van der Waals surface area contributed by atoms with Crippen molar-refractivity contribution in [1.29, 1.82) is 0 Å². The Morgan fingerprint density at radius 3 is 2.52 bits per heavy atom. The smallest absolute Gasteiger partial charge is 0.313 e. The minimum Gasteiger partial charge on any atom is -0.481 e. The lowest BCUT2D eigenvalue weighted by atomic mass is 9.93. The topological polar surface area (TPSA) is 63.1 Å². The van der Waals surface area contributed by atoms with Crippen molar-refractivity contribution in [2.75, 3.05) is 0 Å². The number of hydrogen-bond donors (Lipinski definition) is 1. The van der Waals surface area contributed by atoms with E-state index in [0.29, 0.717) is 12.1 Å². The summed E-state index contributed by atoms with van der Waals surface area (Å²) < 4.78 is 0. The van der Waals surface area contributed by atoms with Crippen molar-refractivity contribution in [3.63, 3.8) is 0 Å². The summed E-state index contributed by atoms with van der Waals surface area (Å²) in [5, 5.41) is 19.4. The van der Waals surface area contributed by atoms with Crippen LogP contribution in [0, 0.1) is 0 Å². The molecule has 1 atom stereocenters. The van der Waals surface area contributed by atoms with Crippen LogP contribution in [0.25, 0.3) is 10.8 Å². The molecule has 0 saturated carbocycles. The molecule has 3 aromatic rings. The first-order valence-electron chi connectivity index (χ1n) is 6.73. The molecule has 1 aromatic heterocycles. The Hall–Kier alpha value is -2.75. The molecule has 104 valence electrons. The summed E-state index contributed by atoms with van der Waals surface area (Å²) in [4.78, 5) is 11.7. The van der Waals surface area contributed by atoms with Gasteiger partial charge >= 0.3 is 5.97 Å². The predicted octanol–water partition coefficient (Wildman–Crippen LogP) is 3.04. The molecule has 4 heteroatoms. The number of aliphatic carboxylic acids is 1. The van der Waals surface area contributed by atoms with Crippen LogP contribution in [0.2, 0.25) is 0 Å². The number of nitrogens with zero attached hydrogens (tertiary/aromatic N) is 2. The maximum atomic E-state index is 11.7. The van der Waals surface area contributed by atoms with Crippen LogP contribution in [0.4, 0.5) is 0 Å². The van der Waals surface area contributed by atoms with E-state index in [1.165, 1.54) is 0 Å². The van der Waals surface area contributed by atoms with Crippen LogP contribution >= 0.6 is 0 Å². The summed E-state index contributed by atoms with van der Waals surface area (Å²) in [5.74, 6) is -1.59. The molecule has 0 bridgehead atoms. The molecule has 0 amide bonds. The highest BCUT2D eigenvalue weighted by atomic mass is 16.4. The molecule has 3 rings (SSSR count). The van der Waals surface area contributed by atoms with E-state index in [-0.39, 0.29) is 0 Å². The number of rotatable bonds is 4. The van der Waals surface area contributed by atoms with Gasteiger partial charge in [-0.2, -0.15) is 10.2 Å². The first-order valence-corrected chi connectivity index (χ1v) is 6.73. The number of carboxylic acid groups (broad SMARTS) is 1. The molecule has 2 aromatic carbocycles. The van der Waals surface area contributed by atoms with Gasteiger partial charge in [0.2, 0.25) is 0 Å². The highest BCUT2D eigenvalue weighted by Crippen LogP contribution is 2.26. The fraction of sp³-hybridized carbons (Fsp3) is 0.118. The number of aromatic nitrogens is 2. The highest BCUT2D eigenvalue weighted by Gasteiger charge is 2.24. The highest BCUT2D eigenvalue weighted by molar-refractivity contribution is 5.88. The lowest BCUT2D eigenvalue weighted by molar-refractivity contribution is -0.138. The Kier molecular flexibility index (Phi) is 3.60. The van der Waals surface area contributed by atoms with E-state index in [0.717, 1.165) is 16.3 Å². The molecule has 1 N–H and O–H groups in total. The van der Waals surface area contributed by atoms with Crippen molar-refractivity contribution in [2.24, 2.45) is 0 Å². The maximum Gasteiger partial charge on any atom is 0.313 e. The Balaban J connectivity index is 2.06. The van der Waals surface area contributed by atoms with Crippen LogP contribution in [-0.2, 0) is 11.2 Å². The summed E-state index contributed by atoms with van der Waals surface area (Å²) in [7, 11) is 0. The van der Waals surface area contributed by atoms with Gasteiger partial charge in [-0.05, 0) is 12.0 Å². The van der Waals surface area contributed by atoms with Crippen LogP contribution in [-0.4, -0.2) is 21.3 Å². The molecular weight excluding hydrogens is 264 g/mol. The van der Waals surface area contributed by atoms with Crippen molar-refractivity contribution >= 4 is 16.7 Å². The summed E-state index contributed by atoms with van der Waals surface area (Å²) in [6, 6.07) is 17.2. The van der Waals surface area contributed by atoms with Crippen LogP contribution in [0.1, 0.15) is 17.2 Å². The number of carbonyl (C=O) groups is 1. The monoisotopic (exact) mass is 278 g/mol. The molecule has 0 saturated heterocycles. The van der Waals surface area contributed by atoms with Crippen LogP contribution < -0.4 is 0 Å². The first-order chi connectivity index (χ1) is 10.3. The lowest BCUT2D eigenvalue weighted by Crippen LogP contribution is -2.16. The standard InChI is InChI=1S/C17H14N2O2/c20-17(21)15(10-12-6-2-1-3-7-12)16-14-9-5-4-8-13(14)11-18-19-16/h1-9,11,15H,10H2,(H,20,21). The molecule has 0 radical (unpaired) electrons. The van der Waals surface area contributed by atoms with E-state index in [1.807, 2.05) is 54.6 Å². The molecule has 0 aliphatic heterocycles. The minimum absolute atomic E-state index is 0.402. The normalized spacial score (nSPS) is 12.2. The largest absolute Gasteiger partial charge is 0.481 e. The molecule has 0 aliphatic carbocycles. The average Bonchev–Trinajstić information content (AvgIpc) is 2.53. The fourth-order valence-electron chi connectivity index (χ4n) is 2.46. The van der Waals surface area contributed by atoms with Crippen LogP contribution in [0.3, 0.4) is 0 Å². The van der Waals surface area contributed by atoms with Crippen molar-refractivity contribution in [3.8, 4) is 0 Å². The maximum absolute atomic E-state index is 11.7. The minimum atomic E-state index is -0.885. The third-order valence-electron chi connectivity index (χ3n) is 3.51. The molecule has 21 heavy (non-hydrogen) atoms. The van der Waals surface area contributed by atoms with Crippen LogP contribution in [0.15, 0.2) is 60.8 Å². The molecular formula is C17H14N2O2. The van der Waals surface area contributed by atoms with E-state index in [1.54, 1.807) is 6.20 Å². The SMILES string of the molecule is O=C(O)C(Cc1ccccc1)c1nncc2ccccc12. The van der Waals surface area contributed by atoms with Gasteiger partial charge in [-0.25, -0.2) is 0 Å². The second-order valence-electron chi connectivity index (χ2n) is 4.90. The number of benzene rings is 2. The number of fused-ring (bicyclic) bond motifs is 1. The zero-order valence-corrected chi connectivity index (χ0v) is 11.3. The van der Waals surface area contributed by atoms with Gasteiger partial charge in [-0.1, -0.05) is 54.6 Å². The third-order valence-corrected chi connectivity index (χ3v) is 3.51. The molecule has 0 aliphatic rings. The zero-order chi connectivity index (χ0) is 14.7. The van der Waals surface area contributed by atoms with Crippen molar-refractivity contribution < 1.29 is 9.90 Å². The van der Waals surface area contributed by atoms with Crippen molar-refractivity contribution in [2.45, 2.75) is 12.3 Å². The van der Waals surface area contributed by atoms with Gasteiger partial charge < -0.3 is 5.11 Å². The molecule has 0 spiro atoms. The van der Waals surface area contributed by atoms with E-state index in [9.17, 15) is 9.90 Å². The Morgan fingerprint density at radius 1 is 1.05 bits per heavy atom. The predicted molar refractivity (Wildman–Crippen MR) is 80.1 cm³/mol. The van der Waals surface area contributed by atoms with Gasteiger partial charge in [0.05, 0.1) is 11.9 Å². The summed E-state index contributed by atoms with van der Waals surface area (Å²) in [6.07, 6.45) is 2.05. The zero-order valence-electron chi connectivity index (χ0n) is 11.3. The molecule has 1 heterocycles. The van der Waals surface area contributed by atoms with Crippen molar-refractivity contribution in [3.05, 3.63) is 72.1 Å². The van der Waals surface area contributed by atoms with Gasteiger partial charge in [-0.3, -0.25) is 4.79 Å². The molecule has 4 nitrogen and oxygen atoms in total. The summed E-state index contributed by atoms with van der Waals surface area (Å²) >= 11 is 0. The van der Waals surface area contributed by atoms with E-state index >= 15 is 0 Å². The van der Waals surface area contributed by atoms with E-state index < -0.39 is 11.9 Å².